The van der Waals surface area contributed by atoms with Crippen molar-refractivity contribution in [2.45, 2.75) is 6.54 Å². The van der Waals surface area contributed by atoms with Gasteiger partial charge in [0.2, 0.25) is 0 Å². The predicted octanol–water partition coefficient (Wildman–Crippen LogP) is 3.46. The van der Waals surface area contributed by atoms with Crippen molar-refractivity contribution in [2.75, 3.05) is 0 Å². The molecule has 0 aliphatic carbocycles. The van der Waals surface area contributed by atoms with Gasteiger partial charge in [-0.3, -0.25) is 10.1 Å². The zero-order valence-electron chi connectivity index (χ0n) is 8.39. The summed E-state index contributed by atoms with van der Waals surface area (Å²) in [6.45, 7) is 4.26. The third-order valence-corrected chi connectivity index (χ3v) is 2.56. The Balaban J connectivity index is 2.67. The van der Waals surface area contributed by atoms with Gasteiger partial charge in [-0.1, -0.05) is 34.6 Å². The van der Waals surface area contributed by atoms with Gasteiger partial charge in [-0.05, 0) is 6.07 Å². The minimum atomic E-state index is -0.365. The van der Waals surface area contributed by atoms with Gasteiger partial charge in [0.1, 0.15) is 5.52 Å². The summed E-state index contributed by atoms with van der Waals surface area (Å²) >= 11 is 3.26. The average molecular weight is 281 g/mol. The van der Waals surface area contributed by atoms with Crippen LogP contribution in [0.5, 0.6) is 0 Å². The molecule has 0 radical (unpaired) electrons. The summed E-state index contributed by atoms with van der Waals surface area (Å²) in [5.74, 6) is 0. The Morgan fingerprint density at radius 1 is 1.50 bits per heavy atom. The lowest BCUT2D eigenvalue weighted by atomic mass is 10.2. The molecule has 2 rings (SSSR count). The second kappa shape index (κ2) is 4.09. The Labute approximate surface area is 100 Å². The molecule has 0 aliphatic rings. The summed E-state index contributed by atoms with van der Waals surface area (Å²) in [5, 5.41) is 11.8. The average Bonchev–Trinajstić information content (AvgIpc) is 2.60. The molecule has 0 atom stereocenters. The van der Waals surface area contributed by atoms with Crippen molar-refractivity contribution in [3.8, 4) is 0 Å². The van der Waals surface area contributed by atoms with Gasteiger partial charge in [-0.25, -0.2) is 0 Å². The van der Waals surface area contributed by atoms with E-state index in [0.29, 0.717) is 12.1 Å². The van der Waals surface area contributed by atoms with Crippen molar-refractivity contribution < 1.29 is 4.92 Å². The lowest BCUT2D eigenvalue weighted by Crippen LogP contribution is -1.98. The number of nitro groups is 1. The molecule has 2 aromatic rings. The predicted molar refractivity (Wildman–Crippen MR) is 66.7 cm³/mol. The first-order valence-electron chi connectivity index (χ1n) is 4.65. The zero-order chi connectivity index (χ0) is 11.7. The molecule has 0 bridgehead atoms. The summed E-state index contributed by atoms with van der Waals surface area (Å²) in [7, 11) is 0. The fourth-order valence-corrected chi connectivity index (χ4v) is 1.98. The van der Waals surface area contributed by atoms with Crippen LogP contribution in [0.4, 0.5) is 5.69 Å². The molecule has 1 aromatic heterocycles. The van der Waals surface area contributed by atoms with Gasteiger partial charge in [-0.2, -0.15) is 0 Å². The monoisotopic (exact) mass is 280 g/mol. The van der Waals surface area contributed by atoms with E-state index in [9.17, 15) is 10.1 Å². The largest absolute Gasteiger partial charge is 0.337 e. The van der Waals surface area contributed by atoms with E-state index in [1.165, 1.54) is 6.07 Å². The molecule has 5 heteroatoms. The number of rotatable bonds is 3. The van der Waals surface area contributed by atoms with Crippen molar-refractivity contribution in [3.05, 3.63) is 51.6 Å². The number of benzene rings is 1. The topological polar surface area (TPSA) is 48.1 Å². The molecule has 4 nitrogen and oxygen atoms in total. The fraction of sp³-hybridized carbons (Fsp3) is 0.0909. The Morgan fingerprint density at radius 2 is 2.25 bits per heavy atom. The molecule has 1 aromatic carbocycles. The number of para-hydroxylation sites is 1. The summed E-state index contributed by atoms with van der Waals surface area (Å²) in [6, 6.07) is 6.91. The highest BCUT2D eigenvalue weighted by Crippen LogP contribution is 2.27. The first kappa shape index (κ1) is 10.9. The molecule has 0 spiro atoms. The number of hydrogen-bond donors (Lipinski definition) is 0. The molecule has 1 heterocycles. The van der Waals surface area contributed by atoms with Crippen LogP contribution in [-0.2, 0) is 6.54 Å². The quantitative estimate of drug-likeness (QED) is 0.639. The lowest BCUT2D eigenvalue weighted by Gasteiger charge is -2.03. The van der Waals surface area contributed by atoms with E-state index in [4.69, 9.17) is 0 Å². The van der Waals surface area contributed by atoms with Crippen molar-refractivity contribution in [1.82, 2.24) is 4.57 Å². The number of non-ortho nitro benzene ring substituents is 1. The number of halogens is 1. The Hall–Kier alpha value is -1.62. The van der Waals surface area contributed by atoms with E-state index in [1.807, 2.05) is 22.9 Å². The number of allylic oxidation sites excluding steroid dienone is 1. The molecular weight excluding hydrogens is 272 g/mol. The molecule has 0 N–H and O–H groups in total. The first-order valence-corrected chi connectivity index (χ1v) is 5.44. The van der Waals surface area contributed by atoms with Crippen LogP contribution >= 0.6 is 15.9 Å². The third-order valence-electron chi connectivity index (χ3n) is 2.31. The SMILES string of the molecule is C=C(Br)Cn1ccc2cccc([N+](=O)[O-])c21. The number of nitro benzene ring substituents is 1. The highest BCUT2D eigenvalue weighted by Gasteiger charge is 2.14. The van der Waals surface area contributed by atoms with Gasteiger partial charge in [0.05, 0.1) is 11.5 Å². The molecular formula is C11H9BrN2O2. The standard InChI is InChI=1S/C11H9BrN2O2/c1-8(12)7-13-6-5-9-3-2-4-10(11(9)13)14(15)16/h2-6H,1,7H2. The second-order valence-electron chi connectivity index (χ2n) is 3.43. The number of aromatic nitrogens is 1. The van der Waals surface area contributed by atoms with Crippen LogP contribution in [0.3, 0.4) is 0 Å². The minimum absolute atomic E-state index is 0.122. The summed E-state index contributed by atoms with van der Waals surface area (Å²) in [5.41, 5.74) is 0.754. The van der Waals surface area contributed by atoms with Crippen LogP contribution < -0.4 is 0 Å². The maximum Gasteiger partial charge on any atom is 0.293 e. The van der Waals surface area contributed by atoms with Crippen molar-refractivity contribution in [2.24, 2.45) is 0 Å². The van der Waals surface area contributed by atoms with E-state index in [1.54, 1.807) is 6.07 Å². The van der Waals surface area contributed by atoms with Crippen molar-refractivity contribution >= 4 is 32.5 Å². The van der Waals surface area contributed by atoms with Crippen molar-refractivity contribution in [1.29, 1.82) is 0 Å². The first-order chi connectivity index (χ1) is 7.59. The van der Waals surface area contributed by atoms with Crippen LogP contribution in [0.25, 0.3) is 10.9 Å². The molecule has 0 amide bonds. The summed E-state index contributed by atoms with van der Waals surface area (Å²) in [4.78, 5) is 10.5. The van der Waals surface area contributed by atoms with Gasteiger partial charge in [0.25, 0.3) is 5.69 Å². The second-order valence-corrected chi connectivity index (χ2v) is 4.55. The van der Waals surface area contributed by atoms with Gasteiger partial charge in [0, 0.05) is 22.1 Å². The lowest BCUT2D eigenvalue weighted by molar-refractivity contribution is -0.383. The highest BCUT2D eigenvalue weighted by molar-refractivity contribution is 9.11. The van der Waals surface area contributed by atoms with Crippen LogP contribution in [-0.4, -0.2) is 9.49 Å². The molecule has 0 saturated heterocycles. The van der Waals surface area contributed by atoms with E-state index in [2.05, 4.69) is 22.5 Å². The number of nitrogens with zero attached hydrogens (tertiary/aromatic N) is 2. The maximum atomic E-state index is 10.9. The highest BCUT2D eigenvalue weighted by atomic mass is 79.9. The van der Waals surface area contributed by atoms with Gasteiger partial charge in [0.15, 0.2) is 0 Å². The van der Waals surface area contributed by atoms with Crippen LogP contribution in [0.15, 0.2) is 41.5 Å². The number of fused-ring (bicyclic) bond motifs is 1. The van der Waals surface area contributed by atoms with Crippen LogP contribution in [0, 0.1) is 10.1 Å². The van der Waals surface area contributed by atoms with Gasteiger partial charge >= 0.3 is 0 Å². The Kier molecular flexibility index (Phi) is 2.78. The maximum absolute atomic E-state index is 10.9. The number of hydrogen-bond acceptors (Lipinski definition) is 2. The fourth-order valence-electron chi connectivity index (χ4n) is 1.70. The van der Waals surface area contributed by atoms with E-state index in [0.717, 1.165) is 9.87 Å². The van der Waals surface area contributed by atoms with Gasteiger partial charge < -0.3 is 4.57 Å². The normalized spacial score (nSPS) is 10.6. The molecule has 16 heavy (non-hydrogen) atoms. The molecule has 0 saturated carbocycles. The summed E-state index contributed by atoms with van der Waals surface area (Å²) in [6.07, 6.45) is 1.82. The zero-order valence-corrected chi connectivity index (χ0v) is 9.98. The molecule has 82 valence electrons. The smallest absolute Gasteiger partial charge is 0.293 e. The van der Waals surface area contributed by atoms with Crippen molar-refractivity contribution in [3.63, 3.8) is 0 Å². The Morgan fingerprint density at radius 3 is 2.88 bits per heavy atom. The Bertz CT molecular complexity index is 574. The van der Waals surface area contributed by atoms with E-state index < -0.39 is 0 Å². The molecule has 0 unspecified atom stereocenters. The summed E-state index contributed by atoms with van der Waals surface area (Å²) < 4.78 is 2.59. The molecule has 0 aliphatic heterocycles. The third kappa shape index (κ3) is 1.86. The van der Waals surface area contributed by atoms with E-state index in [-0.39, 0.29) is 10.6 Å². The van der Waals surface area contributed by atoms with Gasteiger partial charge in [-0.15, -0.1) is 0 Å². The van der Waals surface area contributed by atoms with Crippen LogP contribution in [0.2, 0.25) is 0 Å². The van der Waals surface area contributed by atoms with E-state index >= 15 is 0 Å². The minimum Gasteiger partial charge on any atom is -0.337 e. The molecule has 0 fully saturated rings. The van der Waals surface area contributed by atoms with Crippen LogP contribution in [0.1, 0.15) is 0 Å².